The van der Waals surface area contributed by atoms with Gasteiger partial charge in [-0.1, -0.05) is 12.1 Å². The Kier molecular flexibility index (Phi) is 7.11. The van der Waals surface area contributed by atoms with Crippen molar-refractivity contribution in [3.63, 3.8) is 0 Å². The van der Waals surface area contributed by atoms with Crippen molar-refractivity contribution in [1.29, 1.82) is 0 Å². The molecule has 0 fully saturated rings. The number of halogens is 1. The third-order valence-electron chi connectivity index (χ3n) is 3.07. The van der Waals surface area contributed by atoms with E-state index in [0.717, 1.165) is 10.6 Å². The zero-order valence-electron chi connectivity index (χ0n) is 13.0. The minimum absolute atomic E-state index is 0.0166. The van der Waals surface area contributed by atoms with Crippen molar-refractivity contribution in [2.24, 2.45) is 0 Å². The molecule has 0 spiro atoms. The molecule has 1 rings (SSSR count). The fourth-order valence-electron chi connectivity index (χ4n) is 1.64. The Hall–Kier alpha value is -2.00. The van der Waals surface area contributed by atoms with Gasteiger partial charge >= 0.3 is 0 Å². The number of nitrogens with zero attached hydrogens (tertiary/aromatic N) is 1. The summed E-state index contributed by atoms with van der Waals surface area (Å²) >= 11 is 0. The average molecular weight is 345 g/mol. The van der Waals surface area contributed by atoms with Crippen LogP contribution in [0.5, 0.6) is 0 Å². The van der Waals surface area contributed by atoms with Crippen LogP contribution in [-0.2, 0) is 14.8 Å². The van der Waals surface area contributed by atoms with Gasteiger partial charge in [-0.15, -0.1) is 0 Å². The van der Waals surface area contributed by atoms with Crippen molar-refractivity contribution in [2.45, 2.75) is 6.42 Å². The largest absolute Gasteiger partial charge is 0.355 e. The van der Waals surface area contributed by atoms with Gasteiger partial charge in [0.25, 0.3) is 5.91 Å². The first-order valence-electron chi connectivity index (χ1n) is 6.92. The Balaban J connectivity index is 2.27. The van der Waals surface area contributed by atoms with E-state index in [1.165, 1.54) is 25.2 Å². The molecular weight excluding hydrogens is 325 g/mol. The lowest BCUT2D eigenvalue weighted by Crippen LogP contribution is -2.37. The molecule has 0 heterocycles. The summed E-state index contributed by atoms with van der Waals surface area (Å²) in [6.45, 7) is 0.386. The van der Waals surface area contributed by atoms with E-state index in [9.17, 15) is 22.4 Å². The third-order valence-corrected chi connectivity index (χ3v) is 4.39. The lowest BCUT2D eigenvalue weighted by atomic mass is 10.2. The molecule has 0 atom stereocenters. The van der Waals surface area contributed by atoms with Gasteiger partial charge in [-0.25, -0.2) is 17.1 Å². The second-order valence-electron chi connectivity index (χ2n) is 4.92. The highest BCUT2D eigenvalue weighted by molar-refractivity contribution is 7.88. The number of carbonyl (C=O) groups excluding carboxylic acids is 2. The quantitative estimate of drug-likeness (QED) is 0.691. The molecule has 0 aliphatic carbocycles. The Labute approximate surface area is 134 Å². The number of hydrogen-bond acceptors (Lipinski definition) is 4. The second-order valence-corrected chi connectivity index (χ2v) is 7.01. The molecule has 0 saturated carbocycles. The monoisotopic (exact) mass is 345 g/mol. The number of rotatable bonds is 8. The molecule has 7 nitrogen and oxygen atoms in total. The maximum absolute atomic E-state index is 13.4. The maximum Gasteiger partial charge on any atom is 0.254 e. The standard InChI is InChI=1S/C14H20FN3O4S/c1-18(23(2,21)22)10-9-16-13(19)7-8-17-14(20)11-5-3-4-6-12(11)15/h3-6H,7-10H2,1-2H3,(H,16,19)(H,17,20). The first-order valence-corrected chi connectivity index (χ1v) is 8.77. The van der Waals surface area contributed by atoms with Gasteiger partial charge in [-0.3, -0.25) is 9.59 Å². The molecule has 0 aliphatic rings. The van der Waals surface area contributed by atoms with Gasteiger partial charge in [0.05, 0.1) is 11.8 Å². The van der Waals surface area contributed by atoms with E-state index in [1.54, 1.807) is 6.07 Å². The molecular formula is C14H20FN3O4S. The van der Waals surface area contributed by atoms with E-state index in [2.05, 4.69) is 10.6 Å². The zero-order chi connectivity index (χ0) is 17.5. The number of benzene rings is 1. The number of likely N-dealkylation sites (N-methyl/N-ethyl adjacent to an activating group) is 1. The van der Waals surface area contributed by atoms with E-state index >= 15 is 0 Å². The molecule has 2 N–H and O–H groups in total. The molecule has 2 amide bonds. The third kappa shape index (κ3) is 6.74. The minimum Gasteiger partial charge on any atom is -0.355 e. The van der Waals surface area contributed by atoms with E-state index < -0.39 is 21.7 Å². The summed E-state index contributed by atoms with van der Waals surface area (Å²) in [6, 6.07) is 5.56. The van der Waals surface area contributed by atoms with Gasteiger partial charge in [0.1, 0.15) is 5.82 Å². The fraction of sp³-hybridized carbons (Fsp3) is 0.429. The lowest BCUT2D eigenvalue weighted by Gasteiger charge is -2.14. The predicted octanol–water partition coefficient (Wildman–Crippen LogP) is -0.0468. The Morgan fingerprint density at radius 1 is 1.17 bits per heavy atom. The molecule has 0 bridgehead atoms. The van der Waals surface area contributed by atoms with E-state index in [-0.39, 0.29) is 37.5 Å². The summed E-state index contributed by atoms with van der Waals surface area (Å²) in [5, 5.41) is 4.99. The molecule has 0 radical (unpaired) electrons. The predicted molar refractivity (Wildman–Crippen MR) is 83.8 cm³/mol. The molecule has 0 unspecified atom stereocenters. The molecule has 1 aromatic carbocycles. The van der Waals surface area contributed by atoms with Crippen molar-refractivity contribution in [2.75, 3.05) is 32.9 Å². The normalized spacial score (nSPS) is 11.3. The molecule has 9 heteroatoms. The van der Waals surface area contributed by atoms with Crippen molar-refractivity contribution >= 4 is 21.8 Å². The first-order chi connectivity index (χ1) is 10.7. The molecule has 128 valence electrons. The van der Waals surface area contributed by atoms with E-state index in [1.807, 2.05) is 0 Å². The van der Waals surface area contributed by atoms with Crippen molar-refractivity contribution in [1.82, 2.24) is 14.9 Å². The topological polar surface area (TPSA) is 95.6 Å². The molecule has 23 heavy (non-hydrogen) atoms. The first kappa shape index (κ1) is 19.0. The molecule has 0 saturated heterocycles. The minimum atomic E-state index is -3.27. The van der Waals surface area contributed by atoms with Gasteiger partial charge < -0.3 is 10.6 Å². The van der Waals surface area contributed by atoms with Gasteiger partial charge in [-0.05, 0) is 12.1 Å². The molecule has 1 aromatic rings. The van der Waals surface area contributed by atoms with Gasteiger partial charge in [-0.2, -0.15) is 0 Å². The highest BCUT2D eigenvalue weighted by atomic mass is 32.2. The smallest absolute Gasteiger partial charge is 0.254 e. The van der Waals surface area contributed by atoms with Crippen LogP contribution in [0.2, 0.25) is 0 Å². The van der Waals surface area contributed by atoms with Crippen LogP contribution >= 0.6 is 0 Å². The zero-order valence-corrected chi connectivity index (χ0v) is 13.8. The number of carbonyl (C=O) groups is 2. The van der Waals surface area contributed by atoms with Crippen LogP contribution < -0.4 is 10.6 Å². The average Bonchev–Trinajstić information content (AvgIpc) is 2.46. The number of nitrogens with one attached hydrogen (secondary N) is 2. The van der Waals surface area contributed by atoms with Crippen molar-refractivity contribution in [3.05, 3.63) is 35.6 Å². The van der Waals surface area contributed by atoms with Crippen molar-refractivity contribution < 1.29 is 22.4 Å². The van der Waals surface area contributed by atoms with Crippen LogP contribution in [-0.4, -0.2) is 57.5 Å². The Bertz CT molecular complexity index is 664. The molecule has 0 aliphatic heterocycles. The summed E-state index contributed by atoms with van der Waals surface area (Å²) in [5.41, 5.74) is -0.0808. The van der Waals surface area contributed by atoms with Gasteiger partial charge in [0.15, 0.2) is 0 Å². The maximum atomic E-state index is 13.4. The van der Waals surface area contributed by atoms with Crippen LogP contribution in [0, 0.1) is 5.82 Å². The summed E-state index contributed by atoms with van der Waals surface area (Å²) in [4.78, 5) is 23.3. The van der Waals surface area contributed by atoms with Crippen LogP contribution in [0.4, 0.5) is 4.39 Å². The van der Waals surface area contributed by atoms with Crippen LogP contribution in [0.15, 0.2) is 24.3 Å². The Morgan fingerprint density at radius 3 is 2.43 bits per heavy atom. The van der Waals surface area contributed by atoms with E-state index in [4.69, 9.17) is 0 Å². The Morgan fingerprint density at radius 2 is 1.83 bits per heavy atom. The second kappa shape index (κ2) is 8.59. The van der Waals surface area contributed by atoms with Crippen molar-refractivity contribution in [3.8, 4) is 0 Å². The van der Waals surface area contributed by atoms with E-state index in [0.29, 0.717) is 0 Å². The molecule has 0 aromatic heterocycles. The number of sulfonamides is 1. The number of hydrogen-bond donors (Lipinski definition) is 2. The van der Waals surface area contributed by atoms with Gasteiger partial charge in [0, 0.05) is 33.1 Å². The summed E-state index contributed by atoms with van der Waals surface area (Å²) < 4.78 is 36.8. The summed E-state index contributed by atoms with van der Waals surface area (Å²) in [5.74, 6) is -1.55. The van der Waals surface area contributed by atoms with Crippen LogP contribution in [0.1, 0.15) is 16.8 Å². The van der Waals surface area contributed by atoms with Crippen LogP contribution in [0.25, 0.3) is 0 Å². The van der Waals surface area contributed by atoms with Gasteiger partial charge in [0.2, 0.25) is 15.9 Å². The lowest BCUT2D eigenvalue weighted by molar-refractivity contribution is -0.120. The highest BCUT2D eigenvalue weighted by Crippen LogP contribution is 2.05. The van der Waals surface area contributed by atoms with Crippen LogP contribution in [0.3, 0.4) is 0 Å². The summed E-state index contributed by atoms with van der Waals surface area (Å²) in [7, 11) is -1.86. The SMILES string of the molecule is CN(CCNC(=O)CCNC(=O)c1ccccc1F)S(C)(=O)=O. The fourth-order valence-corrected chi connectivity index (χ4v) is 2.06. The summed E-state index contributed by atoms with van der Waals surface area (Å²) in [6.07, 6.45) is 1.09. The highest BCUT2D eigenvalue weighted by Gasteiger charge is 2.12. The number of amides is 2.